The minimum atomic E-state index is 0.712. The van der Waals surface area contributed by atoms with Crippen LogP contribution < -0.4 is 14.8 Å². The molecule has 0 aliphatic carbocycles. The van der Waals surface area contributed by atoms with Crippen LogP contribution in [-0.4, -0.2) is 19.2 Å². The third kappa shape index (κ3) is 3.65. The first kappa shape index (κ1) is 15.8. The van der Waals surface area contributed by atoms with E-state index in [0.29, 0.717) is 5.75 Å². The van der Waals surface area contributed by atoms with Crippen LogP contribution in [-0.2, 0) is 0 Å². The van der Waals surface area contributed by atoms with Gasteiger partial charge in [0.15, 0.2) is 5.13 Å². The molecule has 0 bridgehead atoms. The Balaban J connectivity index is 1.84. The molecule has 0 fully saturated rings. The Morgan fingerprint density at radius 3 is 2.70 bits per heavy atom. The van der Waals surface area contributed by atoms with Crippen LogP contribution in [0.2, 0.25) is 0 Å². The molecule has 23 heavy (non-hydrogen) atoms. The number of nitrogens with one attached hydrogen (secondary N) is 1. The highest BCUT2D eigenvalue weighted by molar-refractivity contribution is 9.10. The molecular weight excluding hydrogens is 376 g/mol. The Labute approximate surface area is 147 Å². The van der Waals surface area contributed by atoms with Crippen molar-refractivity contribution in [3.63, 3.8) is 0 Å². The first-order valence-corrected chi connectivity index (χ1v) is 8.57. The van der Waals surface area contributed by atoms with E-state index in [4.69, 9.17) is 9.47 Å². The number of ether oxygens (including phenoxy) is 2. The molecule has 0 unspecified atom stereocenters. The van der Waals surface area contributed by atoms with Gasteiger partial charge in [-0.05, 0) is 24.3 Å². The minimum absolute atomic E-state index is 0.712. The summed E-state index contributed by atoms with van der Waals surface area (Å²) in [5.41, 5.74) is 2.86. The van der Waals surface area contributed by atoms with Gasteiger partial charge in [-0.1, -0.05) is 28.1 Å². The van der Waals surface area contributed by atoms with Gasteiger partial charge in [-0.25, -0.2) is 4.98 Å². The Kier molecular flexibility index (Phi) is 4.83. The van der Waals surface area contributed by atoms with Crippen molar-refractivity contribution < 1.29 is 9.47 Å². The molecule has 0 amide bonds. The van der Waals surface area contributed by atoms with E-state index in [9.17, 15) is 0 Å². The molecule has 0 aliphatic rings. The van der Waals surface area contributed by atoms with E-state index in [1.807, 2.05) is 47.8 Å². The monoisotopic (exact) mass is 390 g/mol. The number of thiazole rings is 1. The Bertz CT molecular complexity index is 820. The van der Waals surface area contributed by atoms with E-state index in [2.05, 4.69) is 26.2 Å². The van der Waals surface area contributed by atoms with E-state index in [0.717, 1.165) is 32.3 Å². The van der Waals surface area contributed by atoms with Gasteiger partial charge in [0, 0.05) is 21.5 Å². The van der Waals surface area contributed by atoms with Gasteiger partial charge in [0.05, 0.1) is 25.6 Å². The highest BCUT2D eigenvalue weighted by Gasteiger charge is 2.09. The summed E-state index contributed by atoms with van der Waals surface area (Å²) in [5.74, 6) is 1.46. The molecule has 0 aliphatic heterocycles. The molecule has 118 valence electrons. The standard InChI is InChI=1S/C17H15BrN2O2S/c1-21-13-6-7-14(16(9-13)22-2)19-17-20-15(10-23-17)11-4-3-5-12(18)8-11/h3-10H,1-2H3,(H,19,20). The number of rotatable bonds is 5. The Morgan fingerprint density at radius 1 is 1.09 bits per heavy atom. The van der Waals surface area contributed by atoms with Crippen molar-refractivity contribution in [2.75, 3.05) is 19.5 Å². The van der Waals surface area contributed by atoms with E-state index in [1.165, 1.54) is 0 Å². The zero-order valence-corrected chi connectivity index (χ0v) is 15.1. The van der Waals surface area contributed by atoms with E-state index < -0.39 is 0 Å². The third-order valence-corrected chi connectivity index (χ3v) is 4.53. The lowest BCUT2D eigenvalue weighted by Gasteiger charge is -2.10. The molecule has 3 rings (SSSR count). The van der Waals surface area contributed by atoms with Crippen LogP contribution in [0, 0.1) is 0 Å². The Hall–Kier alpha value is -2.05. The maximum Gasteiger partial charge on any atom is 0.187 e. The second-order valence-corrected chi connectivity index (χ2v) is 6.51. The molecule has 1 heterocycles. The summed E-state index contributed by atoms with van der Waals surface area (Å²) in [6.45, 7) is 0. The second-order valence-electron chi connectivity index (χ2n) is 4.74. The number of halogens is 1. The highest BCUT2D eigenvalue weighted by atomic mass is 79.9. The molecule has 1 aromatic heterocycles. The summed E-state index contributed by atoms with van der Waals surface area (Å²) in [6.07, 6.45) is 0. The maximum atomic E-state index is 5.40. The molecule has 0 radical (unpaired) electrons. The summed E-state index contributed by atoms with van der Waals surface area (Å²) >= 11 is 5.03. The van der Waals surface area contributed by atoms with Crippen LogP contribution in [0.15, 0.2) is 52.3 Å². The average Bonchev–Trinajstić information content (AvgIpc) is 3.04. The number of benzene rings is 2. The lowest BCUT2D eigenvalue weighted by Crippen LogP contribution is -1.95. The average molecular weight is 391 g/mol. The largest absolute Gasteiger partial charge is 0.497 e. The van der Waals surface area contributed by atoms with E-state index in [-0.39, 0.29) is 0 Å². The zero-order chi connectivity index (χ0) is 16.2. The molecule has 1 N–H and O–H groups in total. The van der Waals surface area contributed by atoms with Crippen LogP contribution >= 0.6 is 27.3 Å². The molecule has 6 heteroatoms. The van der Waals surface area contributed by atoms with Crippen molar-refractivity contribution >= 4 is 38.1 Å². The van der Waals surface area contributed by atoms with Crippen LogP contribution in [0.25, 0.3) is 11.3 Å². The fraction of sp³-hybridized carbons (Fsp3) is 0.118. The van der Waals surface area contributed by atoms with Gasteiger partial charge in [0.1, 0.15) is 11.5 Å². The quantitative estimate of drug-likeness (QED) is 0.638. The predicted octanol–water partition coefficient (Wildman–Crippen LogP) is 5.33. The molecule has 0 saturated heterocycles. The van der Waals surface area contributed by atoms with Crippen molar-refractivity contribution in [1.29, 1.82) is 0 Å². The molecule has 0 spiro atoms. The zero-order valence-electron chi connectivity index (χ0n) is 12.7. The van der Waals surface area contributed by atoms with Gasteiger partial charge in [0.25, 0.3) is 0 Å². The number of hydrogen-bond donors (Lipinski definition) is 1. The van der Waals surface area contributed by atoms with E-state index in [1.54, 1.807) is 25.6 Å². The fourth-order valence-electron chi connectivity index (χ4n) is 2.13. The fourth-order valence-corrected chi connectivity index (χ4v) is 3.26. The van der Waals surface area contributed by atoms with Gasteiger partial charge in [0.2, 0.25) is 0 Å². The molecular formula is C17H15BrN2O2S. The lowest BCUT2D eigenvalue weighted by atomic mass is 10.2. The highest BCUT2D eigenvalue weighted by Crippen LogP contribution is 2.34. The topological polar surface area (TPSA) is 43.4 Å². The third-order valence-electron chi connectivity index (χ3n) is 3.27. The van der Waals surface area contributed by atoms with Crippen LogP contribution in [0.5, 0.6) is 11.5 Å². The van der Waals surface area contributed by atoms with Gasteiger partial charge in [-0.2, -0.15) is 0 Å². The van der Waals surface area contributed by atoms with Crippen molar-refractivity contribution in [3.05, 3.63) is 52.3 Å². The SMILES string of the molecule is COc1ccc(Nc2nc(-c3cccc(Br)c3)cs2)c(OC)c1. The van der Waals surface area contributed by atoms with E-state index >= 15 is 0 Å². The first-order chi connectivity index (χ1) is 11.2. The van der Waals surface area contributed by atoms with Gasteiger partial charge in [-0.15, -0.1) is 11.3 Å². The predicted molar refractivity (Wildman–Crippen MR) is 98.1 cm³/mol. The normalized spacial score (nSPS) is 10.4. The number of methoxy groups -OCH3 is 2. The molecule has 4 nitrogen and oxygen atoms in total. The number of anilines is 2. The summed E-state index contributed by atoms with van der Waals surface area (Å²) in [5, 5.41) is 6.13. The van der Waals surface area contributed by atoms with Crippen molar-refractivity contribution in [1.82, 2.24) is 4.98 Å². The van der Waals surface area contributed by atoms with Gasteiger partial charge >= 0.3 is 0 Å². The number of hydrogen-bond acceptors (Lipinski definition) is 5. The van der Waals surface area contributed by atoms with Crippen LogP contribution in [0.3, 0.4) is 0 Å². The second kappa shape index (κ2) is 7.02. The molecule has 2 aromatic carbocycles. The Morgan fingerprint density at radius 2 is 1.96 bits per heavy atom. The minimum Gasteiger partial charge on any atom is -0.497 e. The summed E-state index contributed by atoms with van der Waals surface area (Å²) < 4.78 is 11.6. The van der Waals surface area contributed by atoms with Crippen molar-refractivity contribution in [2.45, 2.75) is 0 Å². The molecule has 3 aromatic rings. The summed E-state index contributed by atoms with van der Waals surface area (Å²) in [6, 6.07) is 13.7. The molecule has 0 saturated carbocycles. The van der Waals surface area contributed by atoms with Crippen molar-refractivity contribution in [3.8, 4) is 22.8 Å². The van der Waals surface area contributed by atoms with Gasteiger partial charge < -0.3 is 14.8 Å². The van der Waals surface area contributed by atoms with Crippen LogP contribution in [0.1, 0.15) is 0 Å². The maximum absolute atomic E-state index is 5.40. The summed E-state index contributed by atoms with van der Waals surface area (Å²) in [4.78, 5) is 4.63. The smallest absolute Gasteiger partial charge is 0.187 e. The number of aromatic nitrogens is 1. The molecule has 0 atom stereocenters. The number of nitrogens with zero attached hydrogens (tertiary/aromatic N) is 1. The summed E-state index contributed by atoms with van der Waals surface area (Å²) in [7, 11) is 3.27. The van der Waals surface area contributed by atoms with Crippen molar-refractivity contribution in [2.24, 2.45) is 0 Å². The lowest BCUT2D eigenvalue weighted by molar-refractivity contribution is 0.395. The van der Waals surface area contributed by atoms with Gasteiger partial charge in [-0.3, -0.25) is 0 Å². The first-order valence-electron chi connectivity index (χ1n) is 6.90. The van der Waals surface area contributed by atoms with Crippen LogP contribution in [0.4, 0.5) is 10.8 Å².